The molecule has 0 spiro atoms. The number of carbonyl (C=O) groups excluding carboxylic acids is 1. The van der Waals surface area contributed by atoms with Crippen LogP contribution in [-0.2, 0) is 4.79 Å². The van der Waals surface area contributed by atoms with Gasteiger partial charge < -0.3 is 10.2 Å². The molecule has 1 fully saturated rings. The van der Waals surface area contributed by atoms with Gasteiger partial charge in [0.05, 0.1) is 0 Å². The molecule has 1 N–H and O–H groups in total. The third kappa shape index (κ3) is 2.98. The Morgan fingerprint density at radius 1 is 1.57 bits per heavy atom. The zero-order chi connectivity index (χ0) is 10.7. The molecule has 0 radical (unpaired) electrons. The summed E-state index contributed by atoms with van der Waals surface area (Å²) >= 11 is 0. The molecule has 0 aromatic heterocycles. The van der Waals surface area contributed by atoms with E-state index in [0.29, 0.717) is 18.0 Å². The second-order valence-electron chi connectivity index (χ2n) is 4.76. The zero-order valence-electron chi connectivity index (χ0n) is 9.71. The quantitative estimate of drug-likeness (QED) is 0.724. The number of amides is 1. The van der Waals surface area contributed by atoms with Gasteiger partial charge in [-0.3, -0.25) is 4.79 Å². The summed E-state index contributed by atoms with van der Waals surface area (Å²) in [6.07, 6.45) is 1.10. The first-order valence-corrected chi connectivity index (χ1v) is 5.51. The largest absolute Gasteiger partial charge is 0.337 e. The number of rotatable bonds is 2. The molecule has 1 saturated heterocycles. The van der Waals surface area contributed by atoms with Crippen molar-refractivity contribution >= 4 is 5.91 Å². The summed E-state index contributed by atoms with van der Waals surface area (Å²) < 4.78 is 0. The minimum absolute atomic E-state index is 0.212. The zero-order valence-corrected chi connectivity index (χ0v) is 9.71. The van der Waals surface area contributed by atoms with E-state index in [2.05, 4.69) is 26.1 Å². The first-order chi connectivity index (χ1) is 6.50. The highest BCUT2D eigenvalue weighted by atomic mass is 16.2. The molecule has 0 bridgehead atoms. The number of nitrogens with one attached hydrogen (secondary N) is 1. The van der Waals surface area contributed by atoms with Crippen LogP contribution in [0.3, 0.4) is 0 Å². The summed E-state index contributed by atoms with van der Waals surface area (Å²) in [6.45, 7) is 10.0. The van der Waals surface area contributed by atoms with Crippen molar-refractivity contribution in [2.45, 2.75) is 46.2 Å². The van der Waals surface area contributed by atoms with Crippen molar-refractivity contribution in [1.29, 1.82) is 0 Å². The van der Waals surface area contributed by atoms with Crippen LogP contribution < -0.4 is 5.32 Å². The lowest BCUT2D eigenvalue weighted by molar-refractivity contribution is -0.133. The van der Waals surface area contributed by atoms with Gasteiger partial charge in [-0.1, -0.05) is 13.8 Å². The summed E-state index contributed by atoms with van der Waals surface area (Å²) in [5.41, 5.74) is 0. The highest BCUT2D eigenvalue weighted by Crippen LogP contribution is 2.15. The van der Waals surface area contributed by atoms with Gasteiger partial charge >= 0.3 is 0 Å². The lowest BCUT2D eigenvalue weighted by Crippen LogP contribution is -2.57. The fourth-order valence-corrected chi connectivity index (χ4v) is 2.10. The van der Waals surface area contributed by atoms with E-state index in [9.17, 15) is 4.79 Å². The van der Waals surface area contributed by atoms with Crippen LogP contribution in [0.15, 0.2) is 0 Å². The fourth-order valence-electron chi connectivity index (χ4n) is 2.10. The topological polar surface area (TPSA) is 32.3 Å². The molecule has 0 saturated carbocycles. The lowest BCUT2D eigenvalue weighted by Gasteiger charge is -2.39. The predicted molar refractivity (Wildman–Crippen MR) is 58.1 cm³/mol. The standard InChI is InChI=1S/C11H22N2O/c1-8(2)5-11-6-12-9(3)7-13(11)10(4)14/h8-9,11-12H,5-7H2,1-4H3. The first kappa shape index (κ1) is 11.5. The Kier molecular flexibility index (Phi) is 3.93. The molecule has 0 aromatic rings. The molecule has 1 aliphatic heterocycles. The van der Waals surface area contributed by atoms with Crippen molar-refractivity contribution < 1.29 is 4.79 Å². The Hall–Kier alpha value is -0.570. The predicted octanol–water partition coefficient (Wildman–Crippen LogP) is 1.24. The van der Waals surface area contributed by atoms with Gasteiger partial charge in [0.1, 0.15) is 0 Å². The minimum atomic E-state index is 0.212. The second-order valence-corrected chi connectivity index (χ2v) is 4.76. The minimum Gasteiger partial charge on any atom is -0.337 e. The monoisotopic (exact) mass is 198 g/mol. The molecule has 0 aliphatic carbocycles. The molecule has 2 unspecified atom stereocenters. The molecular weight excluding hydrogens is 176 g/mol. The summed E-state index contributed by atoms with van der Waals surface area (Å²) in [5, 5.41) is 3.43. The SMILES string of the molecule is CC(=O)N1CC(C)NCC1CC(C)C. The van der Waals surface area contributed by atoms with Gasteiger partial charge in [-0.15, -0.1) is 0 Å². The molecule has 2 atom stereocenters. The van der Waals surface area contributed by atoms with E-state index in [-0.39, 0.29) is 5.91 Å². The van der Waals surface area contributed by atoms with Gasteiger partial charge in [0, 0.05) is 32.1 Å². The van der Waals surface area contributed by atoms with E-state index in [4.69, 9.17) is 0 Å². The van der Waals surface area contributed by atoms with Crippen LogP contribution in [0, 0.1) is 5.92 Å². The van der Waals surface area contributed by atoms with Crippen molar-refractivity contribution in [3.8, 4) is 0 Å². The highest BCUT2D eigenvalue weighted by Gasteiger charge is 2.27. The first-order valence-electron chi connectivity index (χ1n) is 5.51. The van der Waals surface area contributed by atoms with Crippen LogP contribution in [-0.4, -0.2) is 36.0 Å². The van der Waals surface area contributed by atoms with E-state index in [1.165, 1.54) is 0 Å². The van der Waals surface area contributed by atoms with E-state index in [0.717, 1.165) is 19.5 Å². The fraction of sp³-hybridized carbons (Fsp3) is 0.909. The maximum absolute atomic E-state index is 11.4. The molecule has 3 nitrogen and oxygen atoms in total. The molecule has 3 heteroatoms. The Bertz CT molecular complexity index is 203. The average molecular weight is 198 g/mol. The molecule has 1 amide bonds. The molecular formula is C11H22N2O. The Labute approximate surface area is 86.9 Å². The number of hydrogen-bond acceptors (Lipinski definition) is 2. The van der Waals surface area contributed by atoms with Gasteiger partial charge in [-0.2, -0.15) is 0 Å². The second kappa shape index (κ2) is 4.78. The van der Waals surface area contributed by atoms with Gasteiger partial charge in [-0.25, -0.2) is 0 Å². The highest BCUT2D eigenvalue weighted by molar-refractivity contribution is 5.73. The Morgan fingerprint density at radius 2 is 2.21 bits per heavy atom. The third-order valence-electron chi connectivity index (χ3n) is 2.76. The smallest absolute Gasteiger partial charge is 0.219 e. The van der Waals surface area contributed by atoms with Crippen LogP contribution in [0.5, 0.6) is 0 Å². The van der Waals surface area contributed by atoms with E-state index < -0.39 is 0 Å². The van der Waals surface area contributed by atoms with Crippen LogP contribution in [0.1, 0.15) is 34.1 Å². The number of nitrogens with zero attached hydrogens (tertiary/aromatic N) is 1. The van der Waals surface area contributed by atoms with Gasteiger partial charge in [0.25, 0.3) is 0 Å². The summed E-state index contributed by atoms with van der Waals surface area (Å²) in [4.78, 5) is 13.4. The summed E-state index contributed by atoms with van der Waals surface area (Å²) in [7, 11) is 0. The molecule has 82 valence electrons. The van der Waals surface area contributed by atoms with Crippen molar-refractivity contribution in [2.24, 2.45) is 5.92 Å². The summed E-state index contributed by atoms with van der Waals surface area (Å²) in [5.74, 6) is 0.862. The molecule has 0 aromatic carbocycles. The van der Waals surface area contributed by atoms with Crippen LogP contribution >= 0.6 is 0 Å². The molecule has 1 aliphatic rings. The van der Waals surface area contributed by atoms with Crippen molar-refractivity contribution in [1.82, 2.24) is 10.2 Å². The average Bonchev–Trinajstić information content (AvgIpc) is 2.07. The van der Waals surface area contributed by atoms with Crippen LogP contribution in [0.2, 0.25) is 0 Å². The lowest BCUT2D eigenvalue weighted by atomic mass is 9.99. The Balaban J connectivity index is 2.58. The third-order valence-corrected chi connectivity index (χ3v) is 2.76. The summed E-state index contributed by atoms with van der Waals surface area (Å²) in [6, 6.07) is 0.825. The van der Waals surface area contributed by atoms with Gasteiger partial charge in [0.2, 0.25) is 5.91 Å². The van der Waals surface area contributed by atoms with Gasteiger partial charge in [0.15, 0.2) is 0 Å². The number of piperazine rings is 1. The molecule has 1 heterocycles. The Morgan fingerprint density at radius 3 is 2.71 bits per heavy atom. The van der Waals surface area contributed by atoms with Crippen molar-refractivity contribution in [3.05, 3.63) is 0 Å². The van der Waals surface area contributed by atoms with E-state index in [1.54, 1.807) is 6.92 Å². The number of carbonyl (C=O) groups is 1. The maximum Gasteiger partial charge on any atom is 0.219 e. The van der Waals surface area contributed by atoms with E-state index in [1.807, 2.05) is 4.90 Å². The van der Waals surface area contributed by atoms with Crippen LogP contribution in [0.4, 0.5) is 0 Å². The van der Waals surface area contributed by atoms with E-state index >= 15 is 0 Å². The van der Waals surface area contributed by atoms with Gasteiger partial charge in [-0.05, 0) is 19.3 Å². The van der Waals surface area contributed by atoms with Crippen molar-refractivity contribution in [2.75, 3.05) is 13.1 Å². The molecule has 14 heavy (non-hydrogen) atoms. The normalized spacial score (nSPS) is 28.2. The molecule has 1 rings (SSSR count). The number of hydrogen-bond donors (Lipinski definition) is 1. The van der Waals surface area contributed by atoms with Crippen molar-refractivity contribution in [3.63, 3.8) is 0 Å². The van der Waals surface area contributed by atoms with Crippen LogP contribution in [0.25, 0.3) is 0 Å². The maximum atomic E-state index is 11.4.